The van der Waals surface area contributed by atoms with Crippen molar-refractivity contribution in [3.05, 3.63) is 29.3 Å². The van der Waals surface area contributed by atoms with Crippen molar-refractivity contribution >= 4 is 12.6 Å². The van der Waals surface area contributed by atoms with Crippen LogP contribution in [0.2, 0.25) is 0 Å². The Balaban J connectivity index is 2.46. The van der Waals surface area contributed by atoms with Gasteiger partial charge in [-0.1, -0.05) is 6.07 Å². The van der Waals surface area contributed by atoms with Gasteiger partial charge in [0.05, 0.1) is 22.8 Å². The van der Waals surface area contributed by atoms with Crippen LogP contribution in [0.5, 0.6) is 0 Å². The molecule has 0 aromatic heterocycles. The zero-order chi connectivity index (χ0) is 15.1. The molecule has 1 aliphatic heterocycles. The van der Waals surface area contributed by atoms with Gasteiger partial charge in [-0.25, -0.2) is 0 Å². The van der Waals surface area contributed by atoms with Gasteiger partial charge in [-0.2, -0.15) is 5.26 Å². The number of benzene rings is 1. The Kier molecular flexibility index (Phi) is 3.68. The lowest BCUT2D eigenvalue weighted by Gasteiger charge is -2.32. The van der Waals surface area contributed by atoms with Gasteiger partial charge in [-0.3, -0.25) is 0 Å². The van der Waals surface area contributed by atoms with Crippen molar-refractivity contribution in [1.29, 1.82) is 5.26 Å². The summed E-state index contributed by atoms with van der Waals surface area (Å²) in [5.41, 5.74) is 7.57. The molecule has 2 N–H and O–H groups in total. The Morgan fingerprint density at radius 3 is 2.20 bits per heavy atom. The van der Waals surface area contributed by atoms with E-state index >= 15 is 0 Å². The predicted octanol–water partition coefficient (Wildman–Crippen LogP) is 1.88. The number of nitriles is 1. The molecule has 1 unspecified atom stereocenters. The van der Waals surface area contributed by atoms with E-state index in [9.17, 15) is 0 Å². The monoisotopic (exact) mass is 272 g/mol. The number of nitrogens with two attached hydrogens (primary N) is 1. The van der Waals surface area contributed by atoms with Crippen LogP contribution in [0.15, 0.2) is 18.2 Å². The van der Waals surface area contributed by atoms with Crippen LogP contribution in [0.25, 0.3) is 0 Å². The van der Waals surface area contributed by atoms with Crippen LogP contribution in [0, 0.1) is 11.3 Å². The molecular weight excluding hydrogens is 251 g/mol. The fourth-order valence-electron chi connectivity index (χ4n) is 2.23. The number of hydrogen-bond acceptors (Lipinski definition) is 4. The minimum atomic E-state index is -0.491. The molecule has 1 aromatic rings. The minimum absolute atomic E-state index is 0.142. The molecule has 0 amide bonds. The molecule has 0 radical (unpaired) electrons. The third-order valence-electron chi connectivity index (χ3n) is 4.21. The molecule has 5 heteroatoms. The summed E-state index contributed by atoms with van der Waals surface area (Å²) in [5, 5.41) is 9.08. The largest absolute Gasteiger partial charge is 0.495 e. The first kappa shape index (κ1) is 15.1. The average Bonchev–Trinajstić information content (AvgIpc) is 2.57. The molecule has 0 aliphatic carbocycles. The lowest BCUT2D eigenvalue weighted by molar-refractivity contribution is 0.00578. The van der Waals surface area contributed by atoms with E-state index in [1.165, 1.54) is 0 Å². The van der Waals surface area contributed by atoms with E-state index in [4.69, 9.17) is 20.3 Å². The lowest BCUT2D eigenvalue weighted by Crippen LogP contribution is -2.41. The molecule has 1 aromatic carbocycles. The molecule has 4 nitrogen and oxygen atoms in total. The second-order valence-electron chi connectivity index (χ2n) is 6.33. The first-order valence-corrected chi connectivity index (χ1v) is 6.83. The van der Waals surface area contributed by atoms with Crippen molar-refractivity contribution in [1.82, 2.24) is 0 Å². The molecule has 106 valence electrons. The number of nitrogens with zero attached hydrogens (tertiary/aromatic N) is 1. The van der Waals surface area contributed by atoms with Crippen molar-refractivity contribution in [2.75, 3.05) is 0 Å². The highest BCUT2D eigenvalue weighted by Gasteiger charge is 2.52. The van der Waals surface area contributed by atoms with Crippen LogP contribution in [0.4, 0.5) is 0 Å². The first-order valence-electron chi connectivity index (χ1n) is 6.83. The smallest absolute Gasteiger partial charge is 0.399 e. The Labute approximate surface area is 121 Å². The van der Waals surface area contributed by atoms with Gasteiger partial charge in [0.2, 0.25) is 0 Å². The Morgan fingerprint density at radius 1 is 1.20 bits per heavy atom. The Hall–Kier alpha value is -1.35. The topological polar surface area (TPSA) is 68.3 Å². The highest BCUT2D eigenvalue weighted by Crippen LogP contribution is 2.36. The Morgan fingerprint density at radius 2 is 1.75 bits per heavy atom. The molecule has 0 saturated carbocycles. The molecule has 0 bridgehead atoms. The average molecular weight is 272 g/mol. The van der Waals surface area contributed by atoms with Crippen LogP contribution < -0.4 is 11.2 Å². The van der Waals surface area contributed by atoms with Crippen molar-refractivity contribution in [3.8, 4) is 6.07 Å². The van der Waals surface area contributed by atoms with Gasteiger partial charge in [0.1, 0.15) is 0 Å². The van der Waals surface area contributed by atoms with Crippen LogP contribution in [-0.2, 0) is 9.31 Å². The van der Waals surface area contributed by atoms with Crippen molar-refractivity contribution in [2.45, 2.75) is 51.9 Å². The van der Waals surface area contributed by atoms with Crippen molar-refractivity contribution in [3.63, 3.8) is 0 Å². The summed E-state index contributed by atoms with van der Waals surface area (Å²) in [6, 6.07) is 7.46. The highest BCUT2D eigenvalue weighted by molar-refractivity contribution is 6.62. The van der Waals surface area contributed by atoms with E-state index in [0.29, 0.717) is 5.56 Å². The number of hydrogen-bond donors (Lipinski definition) is 1. The summed E-state index contributed by atoms with van der Waals surface area (Å²) in [6.45, 7) is 9.94. The molecule has 20 heavy (non-hydrogen) atoms. The maximum atomic E-state index is 9.08. The SMILES string of the molecule is CC(N)c1ccc(C#N)cc1B1OC(C)(C)C(C)(C)O1. The minimum Gasteiger partial charge on any atom is -0.399 e. The van der Waals surface area contributed by atoms with E-state index in [0.717, 1.165) is 11.0 Å². The summed E-state index contributed by atoms with van der Waals surface area (Å²) in [5.74, 6) is 0. The molecule has 1 heterocycles. The van der Waals surface area contributed by atoms with Gasteiger partial charge in [0, 0.05) is 6.04 Å². The van der Waals surface area contributed by atoms with Crippen LogP contribution in [0.3, 0.4) is 0 Å². The van der Waals surface area contributed by atoms with Gasteiger partial charge in [0.15, 0.2) is 0 Å². The summed E-state index contributed by atoms with van der Waals surface area (Å²) < 4.78 is 12.1. The fourth-order valence-corrected chi connectivity index (χ4v) is 2.23. The van der Waals surface area contributed by atoms with E-state index in [-0.39, 0.29) is 6.04 Å². The predicted molar refractivity (Wildman–Crippen MR) is 79.5 cm³/mol. The van der Waals surface area contributed by atoms with Crippen LogP contribution >= 0.6 is 0 Å². The standard InChI is InChI=1S/C15H21BN2O2/c1-10(18)12-7-6-11(9-17)8-13(12)16-19-14(2,3)15(4,5)20-16/h6-8,10H,18H2,1-5H3. The molecular formula is C15H21BN2O2. The van der Waals surface area contributed by atoms with Crippen LogP contribution in [-0.4, -0.2) is 18.3 Å². The second-order valence-corrected chi connectivity index (χ2v) is 6.33. The zero-order valence-corrected chi connectivity index (χ0v) is 12.7. The van der Waals surface area contributed by atoms with E-state index in [1.807, 2.05) is 40.7 Å². The summed E-state index contributed by atoms with van der Waals surface area (Å²) in [6.07, 6.45) is 0. The maximum absolute atomic E-state index is 9.08. The summed E-state index contributed by atoms with van der Waals surface area (Å²) in [4.78, 5) is 0. The van der Waals surface area contributed by atoms with Gasteiger partial charge < -0.3 is 15.0 Å². The zero-order valence-electron chi connectivity index (χ0n) is 12.7. The fraction of sp³-hybridized carbons (Fsp3) is 0.533. The summed E-state index contributed by atoms with van der Waals surface area (Å²) >= 11 is 0. The van der Waals surface area contributed by atoms with Crippen molar-refractivity contribution in [2.24, 2.45) is 5.73 Å². The van der Waals surface area contributed by atoms with E-state index in [1.54, 1.807) is 12.1 Å². The third-order valence-corrected chi connectivity index (χ3v) is 4.21. The Bertz CT molecular complexity index is 545. The lowest BCUT2D eigenvalue weighted by atomic mass is 9.74. The van der Waals surface area contributed by atoms with Gasteiger partial charge in [0.25, 0.3) is 0 Å². The second kappa shape index (κ2) is 4.89. The van der Waals surface area contributed by atoms with E-state index < -0.39 is 18.3 Å². The van der Waals surface area contributed by atoms with Crippen LogP contribution in [0.1, 0.15) is 51.8 Å². The van der Waals surface area contributed by atoms with Gasteiger partial charge >= 0.3 is 7.12 Å². The molecule has 1 fully saturated rings. The van der Waals surface area contributed by atoms with Gasteiger partial charge in [-0.05, 0) is 57.8 Å². The first-order chi connectivity index (χ1) is 9.18. The van der Waals surface area contributed by atoms with E-state index in [2.05, 4.69) is 6.07 Å². The van der Waals surface area contributed by atoms with Gasteiger partial charge in [-0.15, -0.1) is 0 Å². The summed E-state index contributed by atoms with van der Waals surface area (Å²) in [7, 11) is -0.491. The molecule has 1 aliphatic rings. The molecule has 2 rings (SSSR count). The maximum Gasteiger partial charge on any atom is 0.495 e. The normalized spacial score (nSPS) is 21.6. The quantitative estimate of drug-likeness (QED) is 0.834. The highest BCUT2D eigenvalue weighted by atomic mass is 16.7. The molecule has 1 atom stereocenters. The van der Waals surface area contributed by atoms with Crippen molar-refractivity contribution < 1.29 is 9.31 Å². The molecule has 0 spiro atoms. The number of rotatable bonds is 2. The third kappa shape index (κ3) is 2.47. The molecule has 1 saturated heterocycles.